The summed E-state index contributed by atoms with van der Waals surface area (Å²) >= 11 is 6.12. The molecule has 0 radical (unpaired) electrons. The number of amides is 1. The van der Waals surface area contributed by atoms with E-state index in [1.54, 1.807) is 11.0 Å². The fourth-order valence-corrected chi connectivity index (χ4v) is 5.97. The van der Waals surface area contributed by atoms with Crippen molar-refractivity contribution in [2.45, 2.75) is 30.8 Å². The Bertz CT molecular complexity index is 1260. The minimum atomic E-state index is -4.11. The molecule has 1 amide bonds. The average molecular weight is 485 g/mol. The van der Waals surface area contributed by atoms with Crippen LogP contribution in [0.3, 0.4) is 0 Å². The smallest absolute Gasteiger partial charge is 0.247 e. The molecule has 1 aliphatic rings. The minimum absolute atomic E-state index is 0.0362. The molecular weight excluding hydrogens is 460 g/mol. The molecule has 1 aliphatic heterocycles. The van der Waals surface area contributed by atoms with Gasteiger partial charge in [-0.2, -0.15) is 4.31 Å². The van der Waals surface area contributed by atoms with Crippen LogP contribution in [0.25, 0.3) is 0 Å². The third-order valence-electron chi connectivity index (χ3n) is 5.73. The number of hydrogen-bond donors (Lipinski definition) is 0. The molecule has 0 fully saturated rings. The van der Waals surface area contributed by atoms with Crippen molar-refractivity contribution >= 4 is 33.2 Å². The Morgan fingerprint density at radius 1 is 1.09 bits per heavy atom. The minimum Gasteiger partial charge on any atom is -0.495 e. The Balaban J connectivity index is 1.72. The maximum Gasteiger partial charge on any atom is 0.247 e. The summed E-state index contributed by atoms with van der Waals surface area (Å²) in [6.45, 7) is 1.69. The van der Waals surface area contributed by atoms with Crippen molar-refractivity contribution in [3.05, 3.63) is 88.9 Å². The highest BCUT2D eigenvalue weighted by atomic mass is 35.5. The van der Waals surface area contributed by atoms with Crippen molar-refractivity contribution in [3.63, 3.8) is 0 Å². The lowest BCUT2D eigenvalue weighted by atomic mass is 10.1. The monoisotopic (exact) mass is 484 g/mol. The van der Waals surface area contributed by atoms with Gasteiger partial charge in [-0.15, -0.1) is 0 Å². The van der Waals surface area contributed by atoms with Gasteiger partial charge in [0.2, 0.25) is 15.9 Å². The standard InChI is InChI=1S/C25H25ClN2O4S/c1-18-14-20-10-6-7-11-22(20)28(18)25(29)17-27(16-19-8-4-3-5-9-19)33(30,31)24-15-21(26)12-13-23(24)32-2/h3-13,15,18H,14,16-17H2,1-2H3/t18-/m1/s1. The summed E-state index contributed by atoms with van der Waals surface area (Å²) in [6.07, 6.45) is 0.732. The van der Waals surface area contributed by atoms with Gasteiger partial charge < -0.3 is 9.64 Å². The molecule has 0 unspecified atom stereocenters. The summed E-state index contributed by atoms with van der Waals surface area (Å²) in [7, 11) is -2.71. The summed E-state index contributed by atoms with van der Waals surface area (Å²) in [5, 5.41) is 0.266. The van der Waals surface area contributed by atoms with Crippen LogP contribution in [0.15, 0.2) is 77.7 Å². The van der Waals surface area contributed by atoms with Gasteiger partial charge in [0.25, 0.3) is 0 Å². The van der Waals surface area contributed by atoms with Gasteiger partial charge in [-0.1, -0.05) is 60.1 Å². The van der Waals surface area contributed by atoms with Gasteiger partial charge in [0.05, 0.1) is 13.7 Å². The summed E-state index contributed by atoms with van der Waals surface area (Å²) in [4.78, 5) is 15.1. The summed E-state index contributed by atoms with van der Waals surface area (Å²) in [5.41, 5.74) is 2.67. The van der Waals surface area contributed by atoms with Crippen molar-refractivity contribution in [3.8, 4) is 5.75 Å². The molecule has 0 saturated carbocycles. The molecule has 0 bridgehead atoms. The molecule has 8 heteroatoms. The van der Waals surface area contributed by atoms with Crippen LogP contribution in [0.1, 0.15) is 18.1 Å². The van der Waals surface area contributed by atoms with Gasteiger partial charge >= 0.3 is 0 Å². The lowest BCUT2D eigenvalue weighted by molar-refractivity contribution is -0.119. The molecule has 1 atom stereocenters. The van der Waals surface area contributed by atoms with Crippen molar-refractivity contribution in [2.24, 2.45) is 0 Å². The number of rotatable bonds is 7. The molecule has 0 saturated heterocycles. The van der Waals surface area contributed by atoms with Crippen LogP contribution in [0.2, 0.25) is 5.02 Å². The Hall–Kier alpha value is -2.87. The third-order valence-corrected chi connectivity index (χ3v) is 7.78. The number of benzene rings is 3. The van der Waals surface area contributed by atoms with Gasteiger partial charge in [0.15, 0.2) is 0 Å². The molecule has 1 heterocycles. The second-order valence-corrected chi connectivity index (χ2v) is 10.3. The van der Waals surface area contributed by atoms with E-state index in [1.807, 2.05) is 61.5 Å². The molecule has 172 valence electrons. The number of nitrogens with zero attached hydrogens (tertiary/aromatic N) is 2. The van der Waals surface area contributed by atoms with Crippen molar-refractivity contribution in [1.29, 1.82) is 0 Å². The SMILES string of the molecule is COc1ccc(Cl)cc1S(=O)(=O)N(CC(=O)N1c2ccccc2C[C@H]1C)Cc1ccccc1. The van der Waals surface area contributed by atoms with Crippen molar-refractivity contribution in [2.75, 3.05) is 18.6 Å². The summed E-state index contributed by atoms with van der Waals surface area (Å²) in [5.74, 6) is -0.113. The number of sulfonamides is 1. The van der Waals surface area contributed by atoms with E-state index in [2.05, 4.69) is 0 Å². The number of para-hydroxylation sites is 1. The highest BCUT2D eigenvalue weighted by Gasteiger charge is 2.35. The van der Waals surface area contributed by atoms with E-state index in [4.69, 9.17) is 16.3 Å². The second kappa shape index (κ2) is 9.55. The third kappa shape index (κ3) is 4.76. The van der Waals surface area contributed by atoms with E-state index in [9.17, 15) is 13.2 Å². The van der Waals surface area contributed by atoms with E-state index in [0.717, 1.165) is 23.2 Å². The number of ether oxygens (including phenoxy) is 1. The van der Waals surface area contributed by atoms with Gasteiger partial charge in [-0.25, -0.2) is 8.42 Å². The first-order chi connectivity index (χ1) is 15.8. The number of carbonyl (C=O) groups is 1. The highest BCUT2D eigenvalue weighted by Crippen LogP contribution is 2.34. The first-order valence-corrected chi connectivity index (χ1v) is 12.4. The first kappa shape index (κ1) is 23.3. The molecule has 6 nitrogen and oxygen atoms in total. The fraction of sp³-hybridized carbons (Fsp3) is 0.240. The Morgan fingerprint density at radius 2 is 1.79 bits per heavy atom. The van der Waals surface area contributed by atoms with Crippen LogP contribution in [0.4, 0.5) is 5.69 Å². The zero-order chi connectivity index (χ0) is 23.6. The number of methoxy groups -OCH3 is 1. The topological polar surface area (TPSA) is 66.9 Å². The molecule has 0 spiro atoms. The van der Waals surface area contributed by atoms with Gasteiger partial charge in [-0.3, -0.25) is 4.79 Å². The maximum atomic E-state index is 13.8. The lowest BCUT2D eigenvalue weighted by Crippen LogP contribution is -2.44. The summed E-state index contributed by atoms with van der Waals surface area (Å²) < 4.78 is 34.0. The molecule has 4 rings (SSSR count). The van der Waals surface area contributed by atoms with E-state index >= 15 is 0 Å². The fourth-order valence-electron chi connectivity index (χ4n) is 4.18. The Labute approximate surface area is 199 Å². The number of halogens is 1. The van der Waals surface area contributed by atoms with Crippen LogP contribution in [-0.4, -0.2) is 38.3 Å². The van der Waals surface area contributed by atoms with Crippen molar-refractivity contribution in [1.82, 2.24) is 4.31 Å². The molecule has 3 aromatic rings. The van der Waals surface area contributed by atoms with E-state index in [-0.39, 0.29) is 40.7 Å². The molecule has 3 aromatic carbocycles. The molecule has 0 aromatic heterocycles. The molecular formula is C25H25ClN2O4S. The number of anilines is 1. The predicted molar refractivity (Wildman–Crippen MR) is 129 cm³/mol. The molecule has 0 aliphatic carbocycles. The number of carbonyl (C=O) groups excluding carboxylic acids is 1. The predicted octanol–water partition coefficient (Wildman–Crippen LogP) is 4.52. The zero-order valence-corrected chi connectivity index (χ0v) is 20.0. The van der Waals surface area contributed by atoms with Crippen LogP contribution in [-0.2, 0) is 27.8 Å². The Morgan fingerprint density at radius 3 is 2.52 bits per heavy atom. The quantitative estimate of drug-likeness (QED) is 0.494. The highest BCUT2D eigenvalue weighted by molar-refractivity contribution is 7.89. The van der Waals surface area contributed by atoms with Gasteiger partial charge in [-0.05, 0) is 48.7 Å². The van der Waals surface area contributed by atoms with Crippen LogP contribution in [0.5, 0.6) is 5.75 Å². The van der Waals surface area contributed by atoms with Crippen molar-refractivity contribution < 1.29 is 17.9 Å². The van der Waals surface area contributed by atoms with E-state index in [0.29, 0.717) is 0 Å². The summed E-state index contributed by atoms with van der Waals surface area (Å²) in [6, 6.07) is 21.3. The average Bonchev–Trinajstić information content (AvgIpc) is 3.15. The van der Waals surface area contributed by atoms with Gasteiger partial charge in [0.1, 0.15) is 10.6 Å². The van der Waals surface area contributed by atoms with Gasteiger partial charge in [0, 0.05) is 23.3 Å². The normalized spacial score (nSPS) is 15.5. The molecule has 0 N–H and O–H groups in total. The largest absolute Gasteiger partial charge is 0.495 e. The Kier molecular flexibility index (Phi) is 6.74. The second-order valence-electron chi connectivity index (χ2n) is 8.00. The number of fused-ring (bicyclic) bond motifs is 1. The van der Waals surface area contributed by atoms with Crippen LogP contribution >= 0.6 is 11.6 Å². The van der Waals surface area contributed by atoms with E-state index < -0.39 is 10.0 Å². The first-order valence-electron chi connectivity index (χ1n) is 10.6. The van der Waals surface area contributed by atoms with E-state index in [1.165, 1.54) is 23.5 Å². The lowest BCUT2D eigenvalue weighted by Gasteiger charge is -2.28. The van der Waals surface area contributed by atoms with Crippen LogP contribution in [0, 0.1) is 0 Å². The maximum absolute atomic E-state index is 13.8. The zero-order valence-electron chi connectivity index (χ0n) is 18.4. The molecule has 33 heavy (non-hydrogen) atoms. The number of hydrogen-bond acceptors (Lipinski definition) is 4. The van der Waals surface area contributed by atoms with Crippen LogP contribution < -0.4 is 9.64 Å².